The molecule has 0 saturated carbocycles. The normalized spacial score (nSPS) is 11.6. The monoisotopic (exact) mass is 379 g/mol. The van der Waals surface area contributed by atoms with E-state index in [4.69, 9.17) is 5.11 Å². The number of aliphatic hydroxyl groups is 1. The van der Waals surface area contributed by atoms with Crippen molar-refractivity contribution in [2.45, 2.75) is 17.7 Å². The van der Waals surface area contributed by atoms with Gasteiger partial charge in [-0.15, -0.1) is 11.3 Å². The molecule has 0 aliphatic carbocycles. The van der Waals surface area contributed by atoms with Crippen molar-refractivity contribution in [3.63, 3.8) is 0 Å². The van der Waals surface area contributed by atoms with Gasteiger partial charge in [-0.3, -0.25) is 4.72 Å². The van der Waals surface area contributed by atoms with Crippen molar-refractivity contribution in [2.75, 3.05) is 4.72 Å². The van der Waals surface area contributed by atoms with Crippen molar-refractivity contribution in [1.82, 2.24) is 0 Å². The molecule has 0 spiro atoms. The molecule has 0 bridgehead atoms. The number of thiophene rings is 1. The number of aliphatic hydroxyl groups excluding tert-OH is 1. The molecule has 20 heavy (non-hydrogen) atoms. The Morgan fingerprint density at radius 2 is 2.10 bits per heavy atom. The minimum Gasteiger partial charge on any atom is -0.391 e. The lowest BCUT2D eigenvalue weighted by Gasteiger charge is -2.06. The first-order valence-electron chi connectivity index (χ1n) is 5.51. The summed E-state index contributed by atoms with van der Waals surface area (Å²) in [5, 5.41) is 9.10. The average Bonchev–Trinajstić information content (AvgIpc) is 2.76. The zero-order valence-corrected chi connectivity index (χ0v) is 13.6. The number of sulfonamides is 1. The summed E-state index contributed by atoms with van der Waals surface area (Å²) < 4.78 is 40.1. The number of nitrogens with one attached hydrogen (secondary N) is 1. The van der Waals surface area contributed by atoms with Crippen LogP contribution in [0.2, 0.25) is 0 Å². The molecule has 1 heterocycles. The second-order valence-electron chi connectivity index (χ2n) is 4.06. The predicted octanol–water partition coefficient (Wildman–Crippen LogP) is 3.25. The van der Waals surface area contributed by atoms with E-state index in [2.05, 4.69) is 20.7 Å². The van der Waals surface area contributed by atoms with E-state index < -0.39 is 15.8 Å². The SMILES string of the molecule is Cc1cc(S(=O)(=O)Nc2ccc(F)c(Br)c2)sc1CO. The van der Waals surface area contributed by atoms with E-state index in [1.165, 1.54) is 24.3 Å². The maximum atomic E-state index is 13.1. The highest BCUT2D eigenvalue weighted by atomic mass is 79.9. The number of hydrogen-bond donors (Lipinski definition) is 2. The van der Waals surface area contributed by atoms with E-state index in [1.54, 1.807) is 6.92 Å². The summed E-state index contributed by atoms with van der Waals surface area (Å²) in [5.74, 6) is -0.470. The van der Waals surface area contributed by atoms with E-state index in [9.17, 15) is 12.8 Å². The highest BCUT2D eigenvalue weighted by molar-refractivity contribution is 9.10. The van der Waals surface area contributed by atoms with E-state index >= 15 is 0 Å². The highest BCUT2D eigenvalue weighted by Crippen LogP contribution is 2.28. The van der Waals surface area contributed by atoms with Gasteiger partial charge in [-0.2, -0.15) is 0 Å². The summed E-state index contributed by atoms with van der Waals surface area (Å²) in [6.07, 6.45) is 0. The second kappa shape index (κ2) is 5.80. The Morgan fingerprint density at radius 3 is 2.65 bits per heavy atom. The van der Waals surface area contributed by atoms with Crippen LogP contribution < -0.4 is 4.72 Å². The minimum absolute atomic E-state index is 0.111. The molecule has 1 aromatic carbocycles. The molecule has 0 aliphatic heterocycles. The lowest BCUT2D eigenvalue weighted by Crippen LogP contribution is -2.11. The molecule has 0 saturated heterocycles. The molecule has 2 rings (SSSR count). The first kappa shape index (κ1) is 15.4. The quantitative estimate of drug-likeness (QED) is 0.856. The number of halogens is 2. The van der Waals surface area contributed by atoms with Crippen LogP contribution in [0.1, 0.15) is 10.4 Å². The Morgan fingerprint density at radius 1 is 1.40 bits per heavy atom. The number of benzene rings is 1. The first-order valence-corrected chi connectivity index (χ1v) is 8.61. The fraction of sp³-hybridized carbons (Fsp3) is 0.167. The van der Waals surface area contributed by atoms with Crippen molar-refractivity contribution < 1.29 is 17.9 Å². The number of hydrogen-bond acceptors (Lipinski definition) is 4. The summed E-state index contributed by atoms with van der Waals surface area (Å²) in [6, 6.07) is 5.35. The second-order valence-corrected chi connectivity index (χ2v) is 7.96. The van der Waals surface area contributed by atoms with E-state index in [0.29, 0.717) is 4.88 Å². The maximum Gasteiger partial charge on any atom is 0.271 e. The zero-order valence-electron chi connectivity index (χ0n) is 10.4. The molecule has 0 radical (unpaired) electrons. The Balaban J connectivity index is 2.32. The fourth-order valence-corrected chi connectivity index (χ4v) is 4.42. The molecular weight excluding hydrogens is 369 g/mol. The third kappa shape index (κ3) is 3.20. The molecule has 0 amide bonds. The Hall–Kier alpha value is -0.960. The molecule has 2 N–H and O–H groups in total. The van der Waals surface area contributed by atoms with Crippen LogP contribution in [0.4, 0.5) is 10.1 Å². The number of aryl methyl sites for hydroxylation is 1. The smallest absolute Gasteiger partial charge is 0.271 e. The van der Waals surface area contributed by atoms with Gasteiger partial charge in [0.05, 0.1) is 16.8 Å². The van der Waals surface area contributed by atoms with Gasteiger partial charge in [-0.25, -0.2) is 12.8 Å². The summed E-state index contributed by atoms with van der Waals surface area (Å²) in [4.78, 5) is 0.602. The van der Waals surface area contributed by atoms with Gasteiger partial charge in [0.1, 0.15) is 10.0 Å². The van der Waals surface area contributed by atoms with Crippen molar-refractivity contribution in [1.29, 1.82) is 0 Å². The fourth-order valence-electron chi connectivity index (χ4n) is 1.54. The van der Waals surface area contributed by atoms with Crippen molar-refractivity contribution in [3.05, 3.63) is 45.0 Å². The van der Waals surface area contributed by atoms with Gasteiger partial charge in [0, 0.05) is 4.88 Å². The predicted molar refractivity (Wildman–Crippen MR) is 79.9 cm³/mol. The van der Waals surface area contributed by atoms with Crippen LogP contribution in [0, 0.1) is 12.7 Å². The Kier molecular flexibility index (Phi) is 4.48. The van der Waals surface area contributed by atoms with Crippen LogP contribution in [-0.2, 0) is 16.6 Å². The highest BCUT2D eigenvalue weighted by Gasteiger charge is 2.19. The molecule has 0 aliphatic rings. The summed E-state index contributed by atoms with van der Waals surface area (Å²) >= 11 is 4.00. The lowest BCUT2D eigenvalue weighted by molar-refractivity contribution is 0.285. The molecular formula is C12H11BrFNO3S2. The van der Waals surface area contributed by atoms with Crippen molar-refractivity contribution in [2.24, 2.45) is 0 Å². The van der Waals surface area contributed by atoms with Crippen LogP contribution in [0.3, 0.4) is 0 Å². The molecule has 0 unspecified atom stereocenters. The summed E-state index contributed by atoms with van der Waals surface area (Å²) in [7, 11) is -3.74. The minimum atomic E-state index is -3.74. The molecule has 4 nitrogen and oxygen atoms in total. The van der Waals surface area contributed by atoms with Crippen LogP contribution in [-0.4, -0.2) is 13.5 Å². The molecule has 0 atom stereocenters. The van der Waals surface area contributed by atoms with Gasteiger partial charge in [0.25, 0.3) is 10.0 Å². The van der Waals surface area contributed by atoms with Crippen LogP contribution in [0.25, 0.3) is 0 Å². The van der Waals surface area contributed by atoms with E-state index in [-0.39, 0.29) is 21.0 Å². The molecule has 2 aromatic rings. The largest absolute Gasteiger partial charge is 0.391 e. The lowest BCUT2D eigenvalue weighted by atomic mass is 10.3. The molecule has 108 valence electrons. The summed E-state index contributed by atoms with van der Waals surface area (Å²) in [6.45, 7) is 1.53. The van der Waals surface area contributed by atoms with Gasteiger partial charge in [-0.05, 0) is 52.7 Å². The van der Waals surface area contributed by atoms with Crippen LogP contribution in [0.15, 0.2) is 32.9 Å². The molecule has 0 fully saturated rings. The Bertz CT molecular complexity index is 743. The zero-order chi connectivity index (χ0) is 14.9. The van der Waals surface area contributed by atoms with Gasteiger partial charge in [-0.1, -0.05) is 0 Å². The molecule has 8 heteroatoms. The van der Waals surface area contributed by atoms with Crippen LogP contribution in [0.5, 0.6) is 0 Å². The number of rotatable bonds is 4. The standard InChI is InChI=1S/C12H11BrFNO3S2/c1-7-4-12(19-11(7)6-16)20(17,18)15-8-2-3-10(14)9(13)5-8/h2-5,15-16H,6H2,1H3. The average molecular weight is 380 g/mol. The molecule has 1 aromatic heterocycles. The van der Waals surface area contributed by atoms with Gasteiger partial charge in [0.2, 0.25) is 0 Å². The van der Waals surface area contributed by atoms with E-state index in [1.807, 2.05) is 0 Å². The summed E-state index contributed by atoms with van der Waals surface area (Å²) in [5.41, 5.74) is 0.980. The number of anilines is 1. The van der Waals surface area contributed by atoms with Gasteiger partial charge >= 0.3 is 0 Å². The topological polar surface area (TPSA) is 66.4 Å². The van der Waals surface area contributed by atoms with Crippen molar-refractivity contribution in [3.8, 4) is 0 Å². The van der Waals surface area contributed by atoms with Gasteiger partial charge < -0.3 is 5.11 Å². The maximum absolute atomic E-state index is 13.1. The third-order valence-electron chi connectivity index (χ3n) is 2.58. The van der Waals surface area contributed by atoms with Crippen molar-refractivity contribution >= 4 is 43.0 Å². The van der Waals surface area contributed by atoms with Gasteiger partial charge in [0.15, 0.2) is 0 Å². The third-order valence-corrected chi connectivity index (χ3v) is 6.26. The van der Waals surface area contributed by atoms with E-state index in [0.717, 1.165) is 16.9 Å². The Labute approximate surface area is 128 Å². The first-order chi connectivity index (χ1) is 9.33. The van der Waals surface area contributed by atoms with Crippen LogP contribution >= 0.6 is 27.3 Å².